The number of carboxylic acids is 1. The topological polar surface area (TPSA) is 121 Å². The molecule has 0 radical (unpaired) electrons. The van der Waals surface area contributed by atoms with Crippen LogP contribution in [-0.4, -0.2) is 38.7 Å². The quantitative estimate of drug-likeness (QED) is 0.542. The first-order chi connectivity index (χ1) is 8.41. The van der Waals surface area contributed by atoms with Crippen molar-refractivity contribution in [3.63, 3.8) is 0 Å². The molecule has 1 aromatic heterocycles. The molecule has 1 unspecified atom stereocenters. The summed E-state index contributed by atoms with van der Waals surface area (Å²) >= 11 is 0. The first-order valence-electron chi connectivity index (χ1n) is 5.68. The Hall–Kier alpha value is -1.89. The lowest BCUT2D eigenvalue weighted by molar-refractivity contribution is -0.138. The molecule has 0 amide bonds. The van der Waals surface area contributed by atoms with Crippen LogP contribution in [0.3, 0.4) is 0 Å². The average molecular weight is 254 g/mol. The van der Waals surface area contributed by atoms with Crippen molar-refractivity contribution in [2.75, 3.05) is 11.9 Å². The third-order valence-electron chi connectivity index (χ3n) is 2.52. The van der Waals surface area contributed by atoms with E-state index in [4.69, 9.17) is 10.8 Å². The van der Waals surface area contributed by atoms with E-state index < -0.39 is 12.0 Å². The standard InChI is InChI=1S/C11H18N4O3/c1-6-9(16)7(2)15-11(14-6)13-5-3-4-8(12)10(17)18/h8,16H,3-5,12H2,1-2H3,(H,17,18)(H,13,14,15). The van der Waals surface area contributed by atoms with Crippen molar-refractivity contribution < 1.29 is 15.0 Å². The molecule has 1 aromatic rings. The Balaban J connectivity index is 2.43. The Morgan fingerprint density at radius 1 is 1.39 bits per heavy atom. The molecule has 1 heterocycles. The first-order valence-corrected chi connectivity index (χ1v) is 5.68. The Morgan fingerprint density at radius 3 is 2.44 bits per heavy atom. The largest absolute Gasteiger partial charge is 0.504 e. The number of rotatable bonds is 6. The highest BCUT2D eigenvalue weighted by atomic mass is 16.4. The highest BCUT2D eigenvalue weighted by molar-refractivity contribution is 5.72. The van der Waals surface area contributed by atoms with Crippen LogP contribution < -0.4 is 11.1 Å². The van der Waals surface area contributed by atoms with Gasteiger partial charge in [-0.3, -0.25) is 4.79 Å². The molecule has 1 atom stereocenters. The van der Waals surface area contributed by atoms with Gasteiger partial charge in [-0.1, -0.05) is 0 Å². The third-order valence-corrected chi connectivity index (χ3v) is 2.52. The number of hydrogen-bond acceptors (Lipinski definition) is 6. The Morgan fingerprint density at radius 2 is 1.94 bits per heavy atom. The van der Waals surface area contributed by atoms with E-state index in [1.54, 1.807) is 13.8 Å². The van der Waals surface area contributed by atoms with E-state index in [0.717, 1.165) is 0 Å². The van der Waals surface area contributed by atoms with E-state index in [-0.39, 0.29) is 5.75 Å². The highest BCUT2D eigenvalue weighted by Crippen LogP contribution is 2.18. The number of aromatic nitrogens is 2. The Kier molecular flexibility index (Phi) is 4.85. The molecule has 7 heteroatoms. The van der Waals surface area contributed by atoms with Crippen molar-refractivity contribution in [3.8, 4) is 5.75 Å². The minimum Gasteiger partial charge on any atom is -0.504 e. The molecule has 0 fully saturated rings. The minimum atomic E-state index is -0.998. The average Bonchev–Trinajstić information content (AvgIpc) is 2.31. The third kappa shape index (κ3) is 3.85. The first kappa shape index (κ1) is 14.2. The molecule has 0 aromatic carbocycles. The summed E-state index contributed by atoms with van der Waals surface area (Å²) in [5.41, 5.74) is 6.39. The van der Waals surface area contributed by atoms with Gasteiger partial charge in [0.05, 0.1) is 11.4 Å². The van der Waals surface area contributed by atoms with Gasteiger partial charge in [-0.2, -0.15) is 0 Å². The summed E-state index contributed by atoms with van der Waals surface area (Å²) in [5.74, 6) is -0.484. The summed E-state index contributed by atoms with van der Waals surface area (Å²) < 4.78 is 0. The number of hydrogen-bond donors (Lipinski definition) is 4. The Labute approximate surface area is 105 Å². The number of anilines is 1. The van der Waals surface area contributed by atoms with E-state index in [9.17, 15) is 9.90 Å². The van der Waals surface area contributed by atoms with Gasteiger partial charge in [0.2, 0.25) is 5.95 Å². The van der Waals surface area contributed by atoms with E-state index in [1.165, 1.54) is 0 Å². The SMILES string of the molecule is Cc1nc(NCCCC(N)C(=O)O)nc(C)c1O. The van der Waals surface area contributed by atoms with Gasteiger partial charge in [-0.15, -0.1) is 0 Å². The molecule has 0 saturated heterocycles. The van der Waals surface area contributed by atoms with Crippen LogP contribution in [0.5, 0.6) is 5.75 Å². The van der Waals surface area contributed by atoms with Crippen molar-refractivity contribution in [2.24, 2.45) is 5.73 Å². The van der Waals surface area contributed by atoms with Crippen LogP contribution in [0.15, 0.2) is 0 Å². The zero-order chi connectivity index (χ0) is 13.7. The van der Waals surface area contributed by atoms with Gasteiger partial charge in [0, 0.05) is 6.54 Å². The van der Waals surface area contributed by atoms with Gasteiger partial charge in [-0.25, -0.2) is 9.97 Å². The molecule has 0 aliphatic heterocycles. The van der Waals surface area contributed by atoms with Crippen LogP contribution in [0.1, 0.15) is 24.2 Å². The van der Waals surface area contributed by atoms with Gasteiger partial charge in [0.25, 0.3) is 0 Å². The van der Waals surface area contributed by atoms with Crippen LogP contribution >= 0.6 is 0 Å². The van der Waals surface area contributed by atoms with Gasteiger partial charge in [0.1, 0.15) is 6.04 Å². The fourth-order valence-corrected chi connectivity index (χ4v) is 1.44. The lowest BCUT2D eigenvalue weighted by Crippen LogP contribution is -2.30. The number of aliphatic carboxylic acids is 1. The minimum absolute atomic E-state index is 0.0912. The van der Waals surface area contributed by atoms with Crippen LogP contribution in [0.4, 0.5) is 5.95 Å². The van der Waals surface area contributed by atoms with Crippen molar-refractivity contribution in [2.45, 2.75) is 32.7 Å². The fraction of sp³-hybridized carbons (Fsp3) is 0.545. The van der Waals surface area contributed by atoms with E-state index in [1.807, 2.05) is 0 Å². The second-order valence-electron chi connectivity index (χ2n) is 4.08. The van der Waals surface area contributed by atoms with Crippen LogP contribution in [0, 0.1) is 13.8 Å². The fourth-order valence-electron chi connectivity index (χ4n) is 1.44. The molecule has 7 nitrogen and oxygen atoms in total. The summed E-state index contributed by atoms with van der Waals surface area (Å²) in [4.78, 5) is 18.6. The van der Waals surface area contributed by atoms with Crippen LogP contribution in [-0.2, 0) is 4.79 Å². The van der Waals surface area contributed by atoms with Gasteiger partial charge in [0.15, 0.2) is 5.75 Å². The summed E-state index contributed by atoms with van der Waals surface area (Å²) in [6, 6.07) is -0.837. The van der Waals surface area contributed by atoms with Gasteiger partial charge < -0.3 is 21.3 Å². The summed E-state index contributed by atoms with van der Waals surface area (Å²) in [5, 5.41) is 21.1. The highest BCUT2D eigenvalue weighted by Gasteiger charge is 2.10. The molecule has 0 aliphatic rings. The number of aromatic hydroxyl groups is 1. The maximum Gasteiger partial charge on any atom is 0.320 e. The van der Waals surface area contributed by atoms with Gasteiger partial charge in [-0.05, 0) is 26.7 Å². The number of nitrogens with one attached hydrogen (secondary N) is 1. The monoisotopic (exact) mass is 254 g/mol. The Bertz CT molecular complexity index is 413. The molecule has 0 aliphatic carbocycles. The molecule has 0 bridgehead atoms. The predicted octanol–water partition coefficient (Wildman–Crippen LogP) is 0.403. The molecule has 0 spiro atoms. The van der Waals surface area contributed by atoms with Crippen LogP contribution in [0.25, 0.3) is 0 Å². The van der Waals surface area contributed by atoms with Crippen molar-refractivity contribution in [1.82, 2.24) is 9.97 Å². The second-order valence-corrected chi connectivity index (χ2v) is 4.08. The summed E-state index contributed by atoms with van der Waals surface area (Å²) in [7, 11) is 0. The number of carbonyl (C=O) groups is 1. The van der Waals surface area contributed by atoms with Crippen LogP contribution in [0.2, 0.25) is 0 Å². The molecule has 18 heavy (non-hydrogen) atoms. The molecular formula is C11H18N4O3. The molecule has 100 valence electrons. The molecular weight excluding hydrogens is 236 g/mol. The van der Waals surface area contributed by atoms with Gasteiger partial charge >= 0.3 is 5.97 Å². The number of aryl methyl sites for hydroxylation is 2. The van der Waals surface area contributed by atoms with E-state index >= 15 is 0 Å². The number of nitrogens with two attached hydrogens (primary N) is 1. The molecule has 5 N–H and O–H groups in total. The normalized spacial score (nSPS) is 12.2. The van der Waals surface area contributed by atoms with Crippen molar-refractivity contribution >= 4 is 11.9 Å². The summed E-state index contributed by atoms with van der Waals surface area (Å²) in [6.07, 6.45) is 0.994. The van der Waals surface area contributed by atoms with Crippen molar-refractivity contribution in [1.29, 1.82) is 0 Å². The lowest BCUT2D eigenvalue weighted by atomic mass is 10.2. The summed E-state index contributed by atoms with van der Waals surface area (Å²) in [6.45, 7) is 3.91. The zero-order valence-corrected chi connectivity index (χ0v) is 10.5. The van der Waals surface area contributed by atoms with E-state index in [0.29, 0.717) is 36.7 Å². The molecule has 0 saturated carbocycles. The zero-order valence-electron chi connectivity index (χ0n) is 10.5. The smallest absolute Gasteiger partial charge is 0.320 e. The van der Waals surface area contributed by atoms with E-state index in [2.05, 4.69) is 15.3 Å². The predicted molar refractivity (Wildman–Crippen MR) is 66.5 cm³/mol. The van der Waals surface area contributed by atoms with Crippen molar-refractivity contribution in [3.05, 3.63) is 11.4 Å². The number of nitrogens with zero attached hydrogens (tertiary/aromatic N) is 2. The molecule has 1 rings (SSSR count). The number of carboxylic acid groups (broad SMARTS) is 1. The maximum absolute atomic E-state index is 10.5. The second kappa shape index (κ2) is 6.15. The maximum atomic E-state index is 10.5. The lowest BCUT2D eigenvalue weighted by Gasteiger charge is -2.09.